The first-order valence-electron chi connectivity index (χ1n) is 4.01. The van der Waals surface area contributed by atoms with Crippen LogP contribution in [-0.4, -0.2) is 46.2 Å². The molecule has 0 amide bonds. The van der Waals surface area contributed by atoms with Crippen LogP contribution in [0.3, 0.4) is 0 Å². The first-order valence-corrected chi connectivity index (χ1v) is 4.01. The summed E-state index contributed by atoms with van der Waals surface area (Å²) in [6.07, 6.45) is -0.0417. The molecule has 0 aromatic heterocycles. The predicted octanol–water partition coefficient (Wildman–Crippen LogP) is -0.0189. The van der Waals surface area contributed by atoms with Crippen molar-refractivity contribution in [1.82, 2.24) is 0 Å². The van der Waals surface area contributed by atoms with Gasteiger partial charge in [-0.3, -0.25) is 0 Å². The monoisotopic (exact) mass is 169 g/mol. The van der Waals surface area contributed by atoms with Gasteiger partial charge >= 0.3 is 73.2 Å². The second-order valence-corrected chi connectivity index (χ2v) is 3.00. The molecule has 1 heterocycles. The molecule has 0 aromatic rings. The molecule has 0 aromatic carbocycles. The maximum absolute atomic E-state index is 5.62. The summed E-state index contributed by atoms with van der Waals surface area (Å²) >= 11 is 0. The van der Waals surface area contributed by atoms with Crippen LogP contribution in [0.15, 0.2) is 0 Å². The van der Waals surface area contributed by atoms with E-state index in [0.717, 1.165) is 0 Å². The van der Waals surface area contributed by atoms with Crippen molar-refractivity contribution in [2.24, 2.45) is 5.92 Å². The Morgan fingerprint density at radius 3 is 2.67 bits per heavy atom. The van der Waals surface area contributed by atoms with Crippen molar-refractivity contribution < 1.29 is 14.2 Å². The van der Waals surface area contributed by atoms with Gasteiger partial charge in [0.25, 0.3) is 0 Å². The molecule has 1 rings (SSSR count). The normalized spacial score (nSPS) is 35.2. The predicted molar refractivity (Wildman–Crippen MR) is 47.5 cm³/mol. The van der Waals surface area contributed by atoms with Crippen LogP contribution in [0.2, 0.25) is 0 Å². The van der Waals surface area contributed by atoms with E-state index in [9.17, 15) is 0 Å². The van der Waals surface area contributed by atoms with Crippen molar-refractivity contribution >= 4 is 13.1 Å². The van der Waals surface area contributed by atoms with E-state index >= 15 is 0 Å². The second kappa shape index (κ2) is 4.05. The molecule has 0 bridgehead atoms. The average Bonchev–Trinajstić information content (AvgIpc) is 2.29. The van der Waals surface area contributed by atoms with Gasteiger partial charge in [0.2, 0.25) is 0 Å². The van der Waals surface area contributed by atoms with E-state index in [4.69, 9.17) is 21.7 Å². The molecule has 4 heteroatoms. The van der Waals surface area contributed by atoms with Crippen molar-refractivity contribution in [3.8, 4) is 0 Å². The van der Waals surface area contributed by atoms with Crippen LogP contribution >= 0.6 is 0 Å². The van der Waals surface area contributed by atoms with E-state index in [2.05, 4.69) is 0 Å². The van der Waals surface area contributed by atoms with E-state index in [1.54, 1.807) is 14.2 Å². The SMILES string of the molecule is [B]=C1OC(COC)[C@@H](OC)C1C. The molecule has 3 nitrogen and oxygen atoms in total. The molecule has 3 atom stereocenters. The second-order valence-electron chi connectivity index (χ2n) is 3.00. The third kappa shape index (κ3) is 1.70. The fraction of sp³-hybridized carbons (Fsp3) is 0.875. The average molecular weight is 169 g/mol. The number of methoxy groups -OCH3 is 2. The molecule has 67 valence electrons. The Morgan fingerprint density at radius 2 is 2.17 bits per heavy atom. The molecule has 1 saturated heterocycles. The number of hydrogen-bond donors (Lipinski definition) is 0. The summed E-state index contributed by atoms with van der Waals surface area (Å²) in [6, 6.07) is 0. The van der Waals surface area contributed by atoms with Crippen molar-refractivity contribution in [3.63, 3.8) is 0 Å². The van der Waals surface area contributed by atoms with Crippen LogP contribution in [-0.2, 0) is 14.2 Å². The molecular formula is C8H14BO3. The van der Waals surface area contributed by atoms with Crippen molar-refractivity contribution in [2.45, 2.75) is 19.1 Å². The molecule has 12 heavy (non-hydrogen) atoms. The van der Waals surface area contributed by atoms with Gasteiger partial charge in [-0.1, -0.05) is 0 Å². The van der Waals surface area contributed by atoms with E-state index in [-0.39, 0.29) is 18.1 Å². The Balaban J connectivity index is 2.58. The van der Waals surface area contributed by atoms with Gasteiger partial charge in [-0.2, -0.15) is 0 Å². The van der Waals surface area contributed by atoms with Gasteiger partial charge in [0.1, 0.15) is 0 Å². The summed E-state index contributed by atoms with van der Waals surface area (Å²) in [6.45, 7) is 2.50. The van der Waals surface area contributed by atoms with Crippen LogP contribution in [0.4, 0.5) is 0 Å². The van der Waals surface area contributed by atoms with Gasteiger partial charge in [0.05, 0.1) is 0 Å². The third-order valence-electron chi connectivity index (χ3n) is 2.20. The fourth-order valence-electron chi connectivity index (χ4n) is 1.48. The minimum absolute atomic E-state index is 0.0185. The molecule has 0 aliphatic carbocycles. The molecule has 0 spiro atoms. The third-order valence-corrected chi connectivity index (χ3v) is 2.20. The van der Waals surface area contributed by atoms with E-state index in [0.29, 0.717) is 12.3 Å². The first-order chi connectivity index (χ1) is 5.70. The van der Waals surface area contributed by atoms with Gasteiger partial charge < -0.3 is 0 Å². The van der Waals surface area contributed by atoms with Crippen LogP contribution in [0, 0.1) is 5.92 Å². The van der Waals surface area contributed by atoms with Gasteiger partial charge in [0.15, 0.2) is 0 Å². The van der Waals surface area contributed by atoms with Crippen LogP contribution < -0.4 is 0 Å². The Morgan fingerprint density at radius 1 is 1.50 bits per heavy atom. The molecule has 1 aliphatic rings. The Kier molecular flexibility index (Phi) is 3.29. The minimum atomic E-state index is -0.0602. The summed E-state index contributed by atoms with van der Waals surface area (Å²) < 4.78 is 15.6. The molecule has 0 N–H and O–H groups in total. The number of rotatable bonds is 3. The van der Waals surface area contributed by atoms with E-state index < -0.39 is 0 Å². The summed E-state index contributed by atoms with van der Waals surface area (Å²) in [5.41, 5.74) is 0.545. The number of hydrogen-bond acceptors (Lipinski definition) is 3. The number of ether oxygens (including phenoxy) is 3. The van der Waals surface area contributed by atoms with Gasteiger partial charge in [-0.05, 0) is 0 Å². The van der Waals surface area contributed by atoms with Crippen molar-refractivity contribution in [1.29, 1.82) is 0 Å². The summed E-state index contributed by atoms with van der Waals surface area (Å²) in [5, 5.41) is 0. The summed E-state index contributed by atoms with van der Waals surface area (Å²) in [7, 11) is 8.92. The zero-order valence-corrected chi connectivity index (χ0v) is 7.74. The summed E-state index contributed by atoms with van der Waals surface area (Å²) in [4.78, 5) is 0. The summed E-state index contributed by atoms with van der Waals surface area (Å²) in [5.74, 6) is 0.148. The zero-order chi connectivity index (χ0) is 9.14. The van der Waals surface area contributed by atoms with Crippen molar-refractivity contribution in [2.75, 3.05) is 20.8 Å². The Labute approximate surface area is 74.1 Å². The first kappa shape index (κ1) is 9.74. The van der Waals surface area contributed by atoms with Crippen LogP contribution in [0.25, 0.3) is 0 Å². The fourth-order valence-corrected chi connectivity index (χ4v) is 1.48. The van der Waals surface area contributed by atoms with Crippen LogP contribution in [0.1, 0.15) is 6.92 Å². The van der Waals surface area contributed by atoms with E-state index in [1.165, 1.54) is 0 Å². The molecule has 0 saturated carbocycles. The molecule has 1 fully saturated rings. The Bertz CT molecular complexity index is 172. The quantitative estimate of drug-likeness (QED) is 0.555. The molecule has 1 aliphatic heterocycles. The van der Waals surface area contributed by atoms with E-state index in [1.807, 2.05) is 6.92 Å². The molecule has 1 radical (unpaired) electrons. The van der Waals surface area contributed by atoms with Crippen LogP contribution in [0.5, 0.6) is 0 Å². The van der Waals surface area contributed by atoms with Crippen molar-refractivity contribution in [3.05, 3.63) is 0 Å². The Hall–Kier alpha value is -0.345. The molecular weight excluding hydrogens is 155 g/mol. The zero-order valence-electron chi connectivity index (χ0n) is 7.74. The topological polar surface area (TPSA) is 27.7 Å². The maximum atomic E-state index is 5.62. The standard InChI is InChI=1S/C8H14BO3/c1-5-7(11-3)6(4-10-2)12-8(5)9/h5-7H,4H2,1-3H3/t5?,6?,7-/m0/s1. The van der Waals surface area contributed by atoms with Gasteiger partial charge in [-0.25, -0.2) is 0 Å². The molecule has 2 unspecified atom stereocenters. The van der Waals surface area contributed by atoms with Gasteiger partial charge in [-0.15, -0.1) is 0 Å². The van der Waals surface area contributed by atoms with Gasteiger partial charge in [0, 0.05) is 0 Å².